The summed E-state index contributed by atoms with van der Waals surface area (Å²) in [6.45, 7) is 5.23. The van der Waals surface area contributed by atoms with E-state index in [2.05, 4.69) is 26.5 Å². The second-order valence-corrected chi connectivity index (χ2v) is 7.64. The van der Waals surface area contributed by atoms with Gasteiger partial charge in [0.25, 0.3) is 0 Å². The maximum Gasteiger partial charge on any atom is 0.222 e. The number of morpholine rings is 1. The molecule has 0 aliphatic carbocycles. The smallest absolute Gasteiger partial charge is 0.222 e. The molecule has 2 aromatic rings. The summed E-state index contributed by atoms with van der Waals surface area (Å²) >= 11 is 0. The number of fused-ring (bicyclic) bond motifs is 1. The van der Waals surface area contributed by atoms with Gasteiger partial charge in [-0.1, -0.05) is 18.2 Å². The van der Waals surface area contributed by atoms with Gasteiger partial charge >= 0.3 is 0 Å². The topological polar surface area (TPSA) is 85.6 Å². The fourth-order valence-electron chi connectivity index (χ4n) is 3.80. The van der Waals surface area contributed by atoms with Crippen LogP contribution in [-0.4, -0.2) is 81.9 Å². The van der Waals surface area contributed by atoms with Crippen molar-refractivity contribution in [1.82, 2.24) is 30.0 Å². The maximum atomic E-state index is 12.5. The van der Waals surface area contributed by atoms with Crippen LogP contribution in [0.2, 0.25) is 0 Å². The molecular formula is C20H28N6O3. The monoisotopic (exact) mass is 400 g/mol. The molecule has 4 rings (SSSR count). The molecule has 9 nitrogen and oxygen atoms in total. The lowest BCUT2D eigenvalue weighted by Crippen LogP contribution is -2.37. The number of amides is 1. The first kappa shape index (κ1) is 19.8. The number of hydrogen-bond acceptors (Lipinski definition) is 7. The second kappa shape index (κ2) is 9.32. The molecule has 0 radical (unpaired) electrons. The molecule has 1 aromatic carbocycles. The molecule has 0 unspecified atom stereocenters. The Bertz CT molecular complexity index is 795. The number of nitrogens with zero attached hydrogens (tertiary/aromatic N) is 6. The van der Waals surface area contributed by atoms with E-state index in [0.29, 0.717) is 32.5 Å². The summed E-state index contributed by atoms with van der Waals surface area (Å²) in [5, 5.41) is 12.0. The quantitative estimate of drug-likeness (QED) is 0.646. The third kappa shape index (κ3) is 5.10. The molecule has 9 heteroatoms. The number of tetrazole rings is 1. The van der Waals surface area contributed by atoms with Crippen molar-refractivity contribution in [2.45, 2.75) is 38.5 Å². The van der Waals surface area contributed by atoms with Crippen LogP contribution in [0.4, 0.5) is 0 Å². The van der Waals surface area contributed by atoms with Gasteiger partial charge < -0.3 is 14.4 Å². The summed E-state index contributed by atoms with van der Waals surface area (Å²) in [6, 6.07) is 8.06. The average molecular weight is 400 g/mol. The van der Waals surface area contributed by atoms with Crippen LogP contribution in [0, 0.1) is 0 Å². The Balaban J connectivity index is 1.20. The molecule has 29 heavy (non-hydrogen) atoms. The van der Waals surface area contributed by atoms with Crippen LogP contribution in [0.3, 0.4) is 0 Å². The summed E-state index contributed by atoms with van der Waals surface area (Å²) in [6.07, 6.45) is 2.05. The summed E-state index contributed by atoms with van der Waals surface area (Å²) in [4.78, 5) is 16.6. The van der Waals surface area contributed by atoms with Crippen LogP contribution in [-0.2, 0) is 29.0 Å². The van der Waals surface area contributed by atoms with E-state index >= 15 is 0 Å². The largest absolute Gasteiger partial charge is 0.488 e. The Hall–Kier alpha value is -2.52. The average Bonchev–Trinajstić information content (AvgIpc) is 3.34. The normalized spacial score (nSPS) is 19.0. The van der Waals surface area contributed by atoms with E-state index in [-0.39, 0.29) is 12.0 Å². The van der Waals surface area contributed by atoms with Gasteiger partial charge in [-0.15, -0.1) is 5.10 Å². The molecule has 1 atom stereocenters. The summed E-state index contributed by atoms with van der Waals surface area (Å²) in [5.74, 6) is 1.89. The van der Waals surface area contributed by atoms with E-state index in [1.165, 1.54) is 5.56 Å². The Labute approximate surface area is 170 Å². The van der Waals surface area contributed by atoms with Gasteiger partial charge in [-0.05, 0) is 28.5 Å². The van der Waals surface area contributed by atoms with Crippen molar-refractivity contribution in [3.63, 3.8) is 0 Å². The number of carbonyl (C=O) groups excluding carboxylic acids is 1. The molecule has 3 heterocycles. The number of benzene rings is 1. The van der Waals surface area contributed by atoms with Crippen LogP contribution in [0.5, 0.6) is 5.75 Å². The lowest BCUT2D eigenvalue weighted by atomic mass is 10.1. The third-order valence-corrected chi connectivity index (χ3v) is 5.45. The molecule has 1 saturated heterocycles. The predicted octanol–water partition coefficient (Wildman–Crippen LogP) is 0.748. The lowest BCUT2D eigenvalue weighted by molar-refractivity contribution is -0.131. The zero-order valence-corrected chi connectivity index (χ0v) is 16.9. The molecule has 2 aliphatic rings. The number of carbonyl (C=O) groups is 1. The van der Waals surface area contributed by atoms with E-state index in [1.807, 2.05) is 25.2 Å². The lowest BCUT2D eigenvalue weighted by Gasteiger charge is -2.25. The number of rotatable bonds is 8. The van der Waals surface area contributed by atoms with E-state index in [4.69, 9.17) is 9.47 Å². The molecule has 1 fully saturated rings. The fraction of sp³-hybridized carbons (Fsp3) is 0.600. The van der Waals surface area contributed by atoms with Crippen LogP contribution in [0.15, 0.2) is 24.3 Å². The van der Waals surface area contributed by atoms with Crippen molar-refractivity contribution < 1.29 is 14.3 Å². The standard InChI is InChI=1S/C20H28N6O3/c1-24(14-17-13-16-5-2-3-6-18(16)29-17)20(27)7-4-8-26-19(21-22-23-26)15-25-9-11-28-12-10-25/h2-3,5-6,17H,4,7-15H2,1H3/t17-/m1/s1. The molecule has 0 N–H and O–H groups in total. The maximum absolute atomic E-state index is 12.5. The zero-order chi connectivity index (χ0) is 20.1. The summed E-state index contributed by atoms with van der Waals surface area (Å²) in [7, 11) is 1.84. The third-order valence-electron chi connectivity index (χ3n) is 5.45. The van der Waals surface area contributed by atoms with Gasteiger partial charge in [0.2, 0.25) is 5.91 Å². The molecule has 0 saturated carbocycles. The number of ether oxygens (including phenoxy) is 2. The fourth-order valence-corrected chi connectivity index (χ4v) is 3.80. The Morgan fingerprint density at radius 2 is 2.10 bits per heavy atom. The SMILES string of the molecule is CN(C[C@H]1Cc2ccccc2O1)C(=O)CCCn1nnnc1CN1CCOCC1. The molecular weight excluding hydrogens is 372 g/mol. The van der Waals surface area contributed by atoms with Gasteiger partial charge in [-0.2, -0.15) is 0 Å². The minimum atomic E-state index is 0.0287. The van der Waals surface area contributed by atoms with Gasteiger partial charge in [0.05, 0.1) is 26.3 Å². The van der Waals surface area contributed by atoms with E-state index < -0.39 is 0 Å². The number of hydrogen-bond donors (Lipinski definition) is 0. The van der Waals surface area contributed by atoms with Crippen molar-refractivity contribution in [3.8, 4) is 5.75 Å². The molecule has 1 amide bonds. The molecule has 2 aliphatic heterocycles. The van der Waals surface area contributed by atoms with E-state index in [1.54, 1.807) is 9.58 Å². The number of aryl methyl sites for hydroxylation is 1. The van der Waals surface area contributed by atoms with Crippen LogP contribution < -0.4 is 4.74 Å². The highest BCUT2D eigenvalue weighted by atomic mass is 16.5. The molecule has 1 aromatic heterocycles. The van der Waals surface area contributed by atoms with Crippen molar-refractivity contribution in [1.29, 1.82) is 0 Å². The minimum absolute atomic E-state index is 0.0287. The number of para-hydroxylation sites is 1. The Morgan fingerprint density at radius 1 is 1.28 bits per heavy atom. The Kier molecular flexibility index (Phi) is 6.36. The molecule has 0 bridgehead atoms. The summed E-state index contributed by atoms with van der Waals surface area (Å²) < 4.78 is 13.1. The number of likely N-dealkylation sites (N-methyl/N-ethyl adjacent to an activating group) is 1. The van der Waals surface area contributed by atoms with E-state index in [9.17, 15) is 4.79 Å². The first-order chi connectivity index (χ1) is 14.2. The van der Waals surface area contributed by atoms with Gasteiger partial charge in [-0.25, -0.2) is 4.68 Å². The van der Waals surface area contributed by atoms with Crippen LogP contribution >= 0.6 is 0 Å². The van der Waals surface area contributed by atoms with Crippen molar-refractivity contribution in [2.24, 2.45) is 0 Å². The Morgan fingerprint density at radius 3 is 2.93 bits per heavy atom. The predicted molar refractivity (Wildman–Crippen MR) is 105 cm³/mol. The van der Waals surface area contributed by atoms with E-state index in [0.717, 1.165) is 44.3 Å². The van der Waals surface area contributed by atoms with Crippen LogP contribution in [0.1, 0.15) is 24.2 Å². The van der Waals surface area contributed by atoms with Gasteiger partial charge in [-0.3, -0.25) is 9.69 Å². The van der Waals surface area contributed by atoms with Gasteiger partial charge in [0.1, 0.15) is 11.9 Å². The van der Waals surface area contributed by atoms with Crippen molar-refractivity contribution >= 4 is 5.91 Å². The van der Waals surface area contributed by atoms with Crippen molar-refractivity contribution in [2.75, 3.05) is 39.9 Å². The van der Waals surface area contributed by atoms with Crippen molar-refractivity contribution in [3.05, 3.63) is 35.7 Å². The first-order valence-corrected chi connectivity index (χ1v) is 10.2. The number of aromatic nitrogens is 4. The molecule has 156 valence electrons. The van der Waals surface area contributed by atoms with Gasteiger partial charge in [0, 0.05) is 39.5 Å². The van der Waals surface area contributed by atoms with Crippen LogP contribution in [0.25, 0.3) is 0 Å². The highest BCUT2D eigenvalue weighted by molar-refractivity contribution is 5.75. The molecule has 0 spiro atoms. The zero-order valence-electron chi connectivity index (χ0n) is 16.9. The second-order valence-electron chi connectivity index (χ2n) is 7.64. The minimum Gasteiger partial charge on any atom is -0.488 e. The highest BCUT2D eigenvalue weighted by Gasteiger charge is 2.25. The van der Waals surface area contributed by atoms with Gasteiger partial charge in [0.15, 0.2) is 5.82 Å². The first-order valence-electron chi connectivity index (χ1n) is 10.2. The highest BCUT2D eigenvalue weighted by Crippen LogP contribution is 2.28. The summed E-state index contributed by atoms with van der Waals surface area (Å²) in [5.41, 5.74) is 1.21.